The average molecular weight is 253 g/mol. The van der Waals surface area contributed by atoms with Crippen LogP contribution in [-0.2, 0) is 0 Å². The van der Waals surface area contributed by atoms with Crippen LogP contribution >= 0.6 is 0 Å². The summed E-state index contributed by atoms with van der Waals surface area (Å²) in [5.74, 6) is 0.558. The first kappa shape index (κ1) is 11.8. The molecule has 3 rings (SSSR count). The molecule has 3 aromatic rings. The quantitative estimate of drug-likeness (QED) is 0.759. The Morgan fingerprint density at radius 3 is 2.79 bits per heavy atom. The zero-order valence-electron chi connectivity index (χ0n) is 10.9. The van der Waals surface area contributed by atoms with E-state index in [9.17, 15) is 0 Å². The molecule has 0 saturated heterocycles. The first-order valence-electron chi connectivity index (χ1n) is 6.19. The number of hydrogen-bond acceptors (Lipinski definition) is 4. The normalized spacial score (nSPS) is 12.8. The van der Waals surface area contributed by atoms with E-state index < -0.39 is 0 Å². The Morgan fingerprint density at radius 2 is 2.11 bits per heavy atom. The second-order valence-corrected chi connectivity index (χ2v) is 4.66. The number of hydrogen-bond donors (Lipinski definition) is 1. The molecule has 19 heavy (non-hydrogen) atoms. The molecule has 1 unspecified atom stereocenters. The number of pyridine rings is 1. The van der Waals surface area contributed by atoms with E-state index in [-0.39, 0.29) is 6.04 Å². The predicted octanol–water partition coefficient (Wildman–Crippen LogP) is 2.12. The largest absolute Gasteiger partial charge is 0.321 e. The molecule has 0 spiro atoms. The predicted molar refractivity (Wildman–Crippen MR) is 73.6 cm³/mol. The molecule has 3 heterocycles. The summed E-state index contributed by atoms with van der Waals surface area (Å²) < 4.78 is 2.09. The maximum Gasteiger partial charge on any atom is 0.167 e. The highest BCUT2D eigenvalue weighted by Crippen LogP contribution is 2.24. The summed E-state index contributed by atoms with van der Waals surface area (Å²) in [4.78, 5) is 4.27. The van der Waals surface area contributed by atoms with Crippen LogP contribution in [0.3, 0.4) is 0 Å². The fraction of sp³-hybridized carbons (Fsp3) is 0.214. The van der Waals surface area contributed by atoms with Crippen LogP contribution in [0.2, 0.25) is 0 Å². The summed E-state index contributed by atoms with van der Waals surface area (Å²) in [6.45, 7) is 3.90. The molecule has 0 aromatic carbocycles. The molecule has 0 radical (unpaired) electrons. The summed E-state index contributed by atoms with van der Waals surface area (Å²) >= 11 is 0. The van der Waals surface area contributed by atoms with Crippen LogP contribution in [0.25, 0.3) is 16.9 Å². The van der Waals surface area contributed by atoms with Gasteiger partial charge >= 0.3 is 0 Å². The number of nitrogens with zero attached hydrogens (tertiary/aromatic N) is 4. The minimum atomic E-state index is -0.202. The van der Waals surface area contributed by atoms with Gasteiger partial charge in [0.05, 0.1) is 17.9 Å². The molecule has 5 nitrogen and oxygen atoms in total. The Labute approximate surface area is 111 Å². The van der Waals surface area contributed by atoms with Crippen molar-refractivity contribution in [2.75, 3.05) is 0 Å². The van der Waals surface area contributed by atoms with Crippen LogP contribution < -0.4 is 5.73 Å². The molecule has 0 fully saturated rings. The number of aromatic nitrogens is 4. The lowest BCUT2D eigenvalue weighted by Gasteiger charge is -2.05. The Hall–Kier alpha value is -2.27. The van der Waals surface area contributed by atoms with Crippen LogP contribution in [0, 0.1) is 6.92 Å². The van der Waals surface area contributed by atoms with Crippen LogP contribution in [0.1, 0.15) is 24.4 Å². The first-order chi connectivity index (χ1) is 9.16. The second kappa shape index (κ2) is 4.44. The van der Waals surface area contributed by atoms with E-state index in [0.29, 0.717) is 5.82 Å². The molecular formula is C14H15N5. The molecule has 2 N–H and O–H groups in total. The van der Waals surface area contributed by atoms with Gasteiger partial charge in [0, 0.05) is 11.7 Å². The van der Waals surface area contributed by atoms with Gasteiger partial charge in [0.2, 0.25) is 0 Å². The summed E-state index contributed by atoms with van der Waals surface area (Å²) in [6.07, 6.45) is 3.74. The maximum absolute atomic E-state index is 5.73. The molecule has 0 aliphatic heterocycles. The Balaban J connectivity index is 2.16. The molecule has 0 bridgehead atoms. The summed E-state index contributed by atoms with van der Waals surface area (Å²) in [6, 6.07) is 7.99. The van der Waals surface area contributed by atoms with Gasteiger partial charge in [-0.3, -0.25) is 0 Å². The minimum Gasteiger partial charge on any atom is -0.321 e. The zero-order valence-corrected chi connectivity index (χ0v) is 10.9. The van der Waals surface area contributed by atoms with E-state index in [4.69, 9.17) is 5.73 Å². The summed E-state index contributed by atoms with van der Waals surface area (Å²) in [5.41, 5.74) is 9.79. The highest BCUT2D eigenvalue weighted by Gasteiger charge is 2.12. The number of fused-ring (bicyclic) bond motifs is 1. The van der Waals surface area contributed by atoms with Crippen molar-refractivity contribution in [2.24, 2.45) is 5.73 Å². The van der Waals surface area contributed by atoms with Crippen LogP contribution in [0.15, 0.2) is 36.7 Å². The van der Waals surface area contributed by atoms with Gasteiger partial charge in [-0.2, -0.15) is 0 Å². The van der Waals surface area contributed by atoms with Crippen molar-refractivity contribution in [3.63, 3.8) is 0 Å². The van der Waals surface area contributed by atoms with Gasteiger partial charge in [0.25, 0.3) is 0 Å². The fourth-order valence-corrected chi connectivity index (χ4v) is 2.18. The molecule has 0 aliphatic rings. The van der Waals surface area contributed by atoms with E-state index in [2.05, 4.69) is 38.6 Å². The monoisotopic (exact) mass is 253 g/mol. The van der Waals surface area contributed by atoms with Crippen molar-refractivity contribution < 1.29 is 0 Å². The maximum atomic E-state index is 5.73. The van der Waals surface area contributed by atoms with Gasteiger partial charge in [-0.15, -0.1) is 10.2 Å². The van der Waals surface area contributed by atoms with Gasteiger partial charge in [0.1, 0.15) is 5.69 Å². The van der Waals surface area contributed by atoms with E-state index in [1.807, 2.05) is 25.3 Å². The third-order valence-corrected chi connectivity index (χ3v) is 3.10. The highest BCUT2D eigenvalue weighted by molar-refractivity contribution is 5.68. The Bertz CT molecular complexity index is 712. The molecule has 0 saturated carbocycles. The van der Waals surface area contributed by atoms with Gasteiger partial charge < -0.3 is 10.1 Å². The topological polar surface area (TPSA) is 69.1 Å². The van der Waals surface area contributed by atoms with E-state index in [1.54, 1.807) is 6.20 Å². The first-order valence-corrected chi connectivity index (χ1v) is 6.19. The smallest absolute Gasteiger partial charge is 0.167 e. The van der Waals surface area contributed by atoms with Crippen LogP contribution in [-0.4, -0.2) is 19.6 Å². The van der Waals surface area contributed by atoms with Crippen molar-refractivity contribution in [2.45, 2.75) is 19.9 Å². The minimum absolute atomic E-state index is 0.202. The lowest BCUT2D eigenvalue weighted by molar-refractivity contribution is 0.709. The SMILES string of the molecule is Cc1cc2ccccn2c1-c1cnc(C(C)N)nn1. The highest BCUT2D eigenvalue weighted by atomic mass is 15.2. The Morgan fingerprint density at radius 1 is 1.26 bits per heavy atom. The van der Waals surface area contributed by atoms with E-state index >= 15 is 0 Å². The lowest BCUT2D eigenvalue weighted by Crippen LogP contribution is -2.11. The molecule has 0 amide bonds. The van der Waals surface area contributed by atoms with Crippen molar-refractivity contribution in [1.29, 1.82) is 0 Å². The van der Waals surface area contributed by atoms with Crippen molar-refractivity contribution in [1.82, 2.24) is 19.6 Å². The molecule has 3 aromatic heterocycles. The number of aryl methyl sites for hydroxylation is 1. The standard InChI is InChI=1S/C14H15N5/c1-9-7-11-5-3-4-6-19(11)13(9)12-8-16-14(10(2)15)18-17-12/h3-8,10H,15H2,1-2H3. The molecule has 5 heteroatoms. The molecule has 1 atom stereocenters. The van der Waals surface area contributed by atoms with Gasteiger partial charge in [-0.25, -0.2) is 4.98 Å². The van der Waals surface area contributed by atoms with Crippen LogP contribution in [0.5, 0.6) is 0 Å². The number of nitrogens with two attached hydrogens (primary N) is 1. The average Bonchev–Trinajstić information content (AvgIpc) is 2.74. The van der Waals surface area contributed by atoms with Crippen molar-refractivity contribution >= 4 is 5.52 Å². The zero-order chi connectivity index (χ0) is 13.4. The lowest BCUT2D eigenvalue weighted by atomic mass is 10.2. The molecule has 96 valence electrons. The Kier molecular flexibility index (Phi) is 2.76. The van der Waals surface area contributed by atoms with Crippen molar-refractivity contribution in [3.8, 4) is 11.4 Å². The molecule has 0 aliphatic carbocycles. The van der Waals surface area contributed by atoms with Gasteiger partial charge in [-0.05, 0) is 37.6 Å². The molecular weight excluding hydrogens is 238 g/mol. The second-order valence-electron chi connectivity index (χ2n) is 4.66. The summed E-state index contributed by atoms with van der Waals surface area (Å²) in [5, 5.41) is 8.32. The fourth-order valence-electron chi connectivity index (χ4n) is 2.18. The van der Waals surface area contributed by atoms with E-state index in [1.165, 1.54) is 0 Å². The number of rotatable bonds is 2. The van der Waals surface area contributed by atoms with Gasteiger partial charge in [-0.1, -0.05) is 6.07 Å². The van der Waals surface area contributed by atoms with E-state index in [0.717, 1.165) is 22.5 Å². The summed E-state index contributed by atoms with van der Waals surface area (Å²) in [7, 11) is 0. The third kappa shape index (κ3) is 1.98. The van der Waals surface area contributed by atoms with Crippen molar-refractivity contribution in [3.05, 3.63) is 48.0 Å². The van der Waals surface area contributed by atoms with Crippen LogP contribution in [0.4, 0.5) is 0 Å². The third-order valence-electron chi connectivity index (χ3n) is 3.10. The van der Waals surface area contributed by atoms with Gasteiger partial charge in [0.15, 0.2) is 5.82 Å².